The van der Waals surface area contributed by atoms with Gasteiger partial charge in [0.05, 0.1) is 22.4 Å². The topological polar surface area (TPSA) is 43.6 Å². The first-order valence-electron chi connectivity index (χ1n) is 15.7. The maximum atomic E-state index is 5.38. The zero-order valence-corrected chi connectivity index (χ0v) is 25.6. The molecule has 3 heterocycles. The molecule has 0 N–H and O–H groups in total. The van der Waals surface area contributed by atoms with Gasteiger partial charge in [-0.1, -0.05) is 117 Å². The number of nitrogens with zero attached hydrogens (tertiary/aromatic N) is 4. The van der Waals surface area contributed by atoms with E-state index in [-0.39, 0.29) is 5.41 Å². The van der Waals surface area contributed by atoms with Crippen LogP contribution >= 0.6 is 0 Å². The van der Waals surface area contributed by atoms with Crippen LogP contribution in [0, 0.1) is 0 Å². The van der Waals surface area contributed by atoms with Crippen molar-refractivity contribution in [3.8, 4) is 50.7 Å². The third kappa shape index (κ3) is 3.97. The van der Waals surface area contributed by atoms with Crippen molar-refractivity contribution in [2.45, 2.75) is 19.3 Å². The number of aromatic nitrogens is 4. The standard InChI is InChI=1S/C42H30N4/c1-42(2)35-17-6-3-16-34(35)40-38(42)39(28-22-20-27(21-23-28)30-12-10-24-43-26-30)44-41(45-40)29-11-9-13-31(25-29)46-36-18-7-4-14-32(36)33-15-5-8-19-37(33)46/h3-26H,1-2H3. The molecule has 4 heteroatoms. The first-order valence-corrected chi connectivity index (χ1v) is 15.7. The second-order valence-electron chi connectivity index (χ2n) is 12.5. The van der Waals surface area contributed by atoms with Crippen LogP contribution in [0.2, 0.25) is 0 Å². The van der Waals surface area contributed by atoms with Crippen LogP contribution in [-0.2, 0) is 5.41 Å². The number of hydrogen-bond acceptors (Lipinski definition) is 3. The molecule has 0 saturated carbocycles. The van der Waals surface area contributed by atoms with Gasteiger partial charge in [0, 0.05) is 56.5 Å². The Morgan fingerprint density at radius 1 is 0.543 bits per heavy atom. The molecule has 0 bridgehead atoms. The van der Waals surface area contributed by atoms with Crippen LogP contribution in [0.25, 0.3) is 72.5 Å². The summed E-state index contributed by atoms with van der Waals surface area (Å²) in [6.45, 7) is 4.58. The van der Waals surface area contributed by atoms with Crippen molar-refractivity contribution >= 4 is 21.8 Å². The molecule has 218 valence electrons. The first-order chi connectivity index (χ1) is 22.6. The molecule has 0 unspecified atom stereocenters. The Morgan fingerprint density at radius 2 is 1.20 bits per heavy atom. The van der Waals surface area contributed by atoms with Crippen LogP contribution in [0.5, 0.6) is 0 Å². The Morgan fingerprint density at radius 3 is 1.93 bits per heavy atom. The molecule has 46 heavy (non-hydrogen) atoms. The van der Waals surface area contributed by atoms with Crippen LogP contribution in [0.4, 0.5) is 0 Å². The van der Waals surface area contributed by atoms with E-state index in [0.29, 0.717) is 0 Å². The molecule has 0 fully saturated rings. The number of pyridine rings is 1. The highest BCUT2D eigenvalue weighted by Crippen LogP contribution is 2.51. The molecule has 0 amide bonds. The van der Waals surface area contributed by atoms with Crippen molar-refractivity contribution in [2.24, 2.45) is 0 Å². The molecule has 8 aromatic rings. The lowest BCUT2D eigenvalue weighted by Gasteiger charge is -2.24. The lowest BCUT2D eigenvalue weighted by molar-refractivity contribution is 0.658. The minimum absolute atomic E-state index is 0.243. The van der Waals surface area contributed by atoms with Crippen molar-refractivity contribution < 1.29 is 0 Å². The number of fused-ring (bicyclic) bond motifs is 6. The van der Waals surface area contributed by atoms with E-state index in [0.717, 1.165) is 45.2 Å². The lowest BCUT2D eigenvalue weighted by Crippen LogP contribution is -2.17. The van der Waals surface area contributed by atoms with E-state index in [4.69, 9.17) is 9.97 Å². The molecule has 0 spiro atoms. The Bertz CT molecular complexity index is 2380. The number of hydrogen-bond donors (Lipinski definition) is 0. The molecule has 0 atom stereocenters. The molecule has 4 nitrogen and oxygen atoms in total. The van der Waals surface area contributed by atoms with E-state index in [9.17, 15) is 0 Å². The van der Waals surface area contributed by atoms with E-state index in [2.05, 4.69) is 151 Å². The largest absolute Gasteiger partial charge is 0.309 e. The second kappa shape index (κ2) is 10.1. The lowest BCUT2D eigenvalue weighted by atomic mass is 9.80. The molecule has 1 aliphatic carbocycles. The third-order valence-electron chi connectivity index (χ3n) is 9.49. The molecule has 0 radical (unpaired) electrons. The van der Waals surface area contributed by atoms with Gasteiger partial charge in [0.25, 0.3) is 0 Å². The van der Waals surface area contributed by atoms with E-state index >= 15 is 0 Å². The average Bonchev–Trinajstić information content (AvgIpc) is 3.57. The minimum atomic E-state index is -0.243. The summed E-state index contributed by atoms with van der Waals surface area (Å²) in [5, 5.41) is 2.49. The highest BCUT2D eigenvalue weighted by molar-refractivity contribution is 6.09. The maximum absolute atomic E-state index is 5.38. The molecular formula is C42H30N4. The summed E-state index contributed by atoms with van der Waals surface area (Å²) in [6, 6.07) is 47.3. The summed E-state index contributed by atoms with van der Waals surface area (Å²) in [5.74, 6) is 0.722. The zero-order valence-electron chi connectivity index (χ0n) is 25.6. The Hall–Kier alpha value is -5.87. The molecule has 9 rings (SSSR count). The third-order valence-corrected chi connectivity index (χ3v) is 9.49. The predicted molar refractivity (Wildman–Crippen MR) is 188 cm³/mol. The Labute approximate surface area is 267 Å². The molecule has 1 aliphatic rings. The number of para-hydroxylation sites is 2. The van der Waals surface area contributed by atoms with Gasteiger partial charge in [0.2, 0.25) is 0 Å². The summed E-state index contributed by atoms with van der Waals surface area (Å²) in [5.41, 5.74) is 13.1. The summed E-state index contributed by atoms with van der Waals surface area (Å²) < 4.78 is 2.35. The van der Waals surface area contributed by atoms with Crippen molar-refractivity contribution in [1.29, 1.82) is 0 Å². The smallest absolute Gasteiger partial charge is 0.160 e. The summed E-state index contributed by atoms with van der Waals surface area (Å²) in [7, 11) is 0. The predicted octanol–water partition coefficient (Wildman–Crippen LogP) is 10.3. The fourth-order valence-corrected chi connectivity index (χ4v) is 7.29. The van der Waals surface area contributed by atoms with E-state index < -0.39 is 0 Å². The fraction of sp³-hybridized carbons (Fsp3) is 0.0714. The number of rotatable bonds is 4. The van der Waals surface area contributed by atoms with Gasteiger partial charge >= 0.3 is 0 Å². The highest BCUT2D eigenvalue weighted by atomic mass is 15.0. The van der Waals surface area contributed by atoms with Gasteiger partial charge in [0.1, 0.15) is 0 Å². The van der Waals surface area contributed by atoms with E-state index in [1.807, 2.05) is 12.3 Å². The van der Waals surface area contributed by atoms with Crippen LogP contribution in [0.15, 0.2) is 146 Å². The maximum Gasteiger partial charge on any atom is 0.160 e. The molecule has 3 aromatic heterocycles. The van der Waals surface area contributed by atoms with Crippen LogP contribution < -0.4 is 0 Å². The molecular weight excluding hydrogens is 560 g/mol. The van der Waals surface area contributed by atoms with Gasteiger partial charge in [-0.2, -0.15) is 0 Å². The molecule has 5 aromatic carbocycles. The SMILES string of the molecule is CC1(C)c2ccccc2-c2nc(-c3cccc(-n4c5ccccc5c5ccccc54)c3)nc(-c3ccc(-c4cccnc4)cc3)c21. The van der Waals surface area contributed by atoms with E-state index in [1.54, 1.807) is 6.20 Å². The van der Waals surface area contributed by atoms with Crippen molar-refractivity contribution in [3.63, 3.8) is 0 Å². The first kappa shape index (κ1) is 26.5. The molecule has 0 saturated heterocycles. The molecule has 0 aliphatic heterocycles. The normalized spacial score (nSPS) is 13.2. The van der Waals surface area contributed by atoms with Crippen LogP contribution in [0.3, 0.4) is 0 Å². The quantitative estimate of drug-likeness (QED) is 0.205. The summed E-state index contributed by atoms with van der Waals surface area (Å²) in [4.78, 5) is 15.0. The van der Waals surface area contributed by atoms with Gasteiger partial charge in [-0.3, -0.25) is 4.98 Å². The Balaban J connectivity index is 1.25. The zero-order chi connectivity index (χ0) is 30.8. The van der Waals surface area contributed by atoms with Crippen molar-refractivity contribution in [3.05, 3.63) is 157 Å². The Kier molecular flexibility index (Phi) is 5.81. The fourth-order valence-electron chi connectivity index (χ4n) is 7.29. The van der Waals surface area contributed by atoms with Crippen molar-refractivity contribution in [1.82, 2.24) is 19.5 Å². The monoisotopic (exact) mass is 590 g/mol. The van der Waals surface area contributed by atoms with Gasteiger partial charge in [-0.25, -0.2) is 9.97 Å². The average molecular weight is 591 g/mol. The van der Waals surface area contributed by atoms with Gasteiger partial charge in [-0.15, -0.1) is 0 Å². The van der Waals surface area contributed by atoms with Gasteiger partial charge in [-0.05, 0) is 47.0 Å². The van der Waals surface area contributed by atoms with Crippen LogP contribution in [0.1, 0.15) is 25.0 Å². The second-order valence-corrected chi connectivity index (χ2v) is 12.5. The van der Waals surface area contributed by atoms with Gasteiger partial charge in [0.15, 0.2) is 5.82 Å². The summed E-state index contributed by atoms with van der Waals surface area (Å²) in [6.07, 6.45) is 3.71. The number of benzene rings is 5. The van der Waals surface area contributed by atoms with Gasteiger partial charge < -0.3 is 4.57 Å². The van der Waals surface area contributed by atoms with E-state index in [1.165, 1.54) is 38.5 Å². The highest BCUT2D eigenvalue weighted by Gasteiger charge is 2.40. The minimum Gasteiger partial charge on any atom is -0.309 e. The van der Waals surface area contributed by atoms with Crippen molar-refractivity contribution in [2.75, 3.05) is 0 Å². The summed E-state index contributed by atoms with van der Waals surface area (Å²) >= 11 is 0. The van der Waals surface area contributed by atoms with Crippen LogP contribution in [-0.4, -0.2) is 19.5 Å².